The molecule has 1 aromatic heterocycles. The Morgan fingerprint density at radius 2 is 2.17 bits per heavy atom. The van der Waals surface area contributed by atoms with Crippen LogP contribution in [0.15, 0.2) is 12.1 Å². The van der Waals surface area contributed by atoms with Crippen molar-refractivity contribution in [3.63, 3.8) is 0 Å². The van der Waals surface area contributed by atoms with Gasteiger partial charge in [-0.1, -0.05) is 0 Å². The van der Waals surface area contributed by atoms with E-state index in [4.69, 9.17) is 10.8 Å². The molecule has 0 aromatic carbocycles. The zero-order chi connectivity index (χ0) is 13.3. The fraction of sp³-hybridized carbons (Fsp3) is 0.417. The number of aryl methyl sites for hydroxylation is 1. The molecule has 0 radical (unpaired) electrons. The van der Waals surface area contributed by atoms with Crippen LogP contribution in [0.2, 0.25) is 0 Å². The molecule has 6 nitrogen and oxygen atoms in total. The normalized spacial score (nSPS) is 16.1. The summed E-state index contributed by atoms with van der Waals surface area (Å²) in [7, 11) is 0. The number of aliphatic carboxylic acids is 1. The Bertz CT molecular complexity index is 509. The lowest BCUT2D eigenvalue weighted by atomic mass is 10.1. The second kappa shape index (κ2) is 4.29. The average Bonchev–Trinajstić information content (AvgIpc) is 3.06. The van der Waals surface area contributed by atoms with Crippen LogP contribution in [-0.4, -0.2) is 28.5 Å². The average molecular weight is 249 g/mol. The second-order valence-electron chi connectivity index (χ2n) is 4.69. The molecule has 0 aliphatic heterocycles. The smallest absolute Gasteiger partial charge is 0.311 e. The van der Waals surface area contributed by atoms with Gasteiger partial charge in [0.25, 0.3) is 0 Å². The molecule has 4 N–H and O–H groups in total. The number of primary amides is 1. The van der Waals surface area contributed by atoms with Gasteiger partial charge in [0, 0.05) is 17.8 Å². The van der Waals surface area contributed by atoms with Crippen molar-refractivity contribution >= 4 is 17.7 Å². The van der Waals surface area contributed by atoms with Crippen molar-refractivity contribution in [2.45, 2.75) is 19.8 Å². The van der Waals surface area contributed by atoms with Gasteiger partial charge in [0.2, 0.25) is 5.91 Å². The maximum Gasteiger partial charge on any atom is 0.311 e. The van der Waals surface area contributed by atoms with E-state index in [2.05, 4.69) is 10.3 Å². The van der Waals surface area contributed by atoms with Crippen molar-refractivity contribution in [1.82, 2.24) is 4.98 Å². The van der Waals surface area contributed by atoms with Gasteiger partial charge < -0.3 is 16.2 Å². The number of rotatable bonds is 5. The number of amides is 1. The van der Waals surface area contributed by atoms with Gasteiger partial charge in [-0.25, -0.2) is 4.98 Å². The summed E-state index contributed by atoms with van der Waals surface area (Å²) in [6.07, 6.45) is 1.34. The molecular weight excluding hydrogens is 234 g/mol. The number of nitrogens with two attached hydrogens (primary N) is 1. The largest absolute Gasteiger partial charge is 0.481 e. The van der Waals surface area contributed by atoms with Crippen LogP contribution in [0.4, 0.5) is 5.82 Å². The first-order chi connectivity index (χ1) is 8.43. The fourth-order valence-corrected chi connectivity index (χ4v) is 1.78. The molecule has 1 aliphatic carbocycles. The first-order valence-corrected chi connectivity index (χ1v) is 5.69. The summed E-state index contributed by atoms with van der Waals surface area (Å²) in [4.78, 5) is 26.3. The lowest BCUT2D eigenvalue weighted by molar-refractivity contribution is -0.142. The molecule has 18 heavy (non-hydrogen) atoms. The third-order valence-electron chi connectivity index (χ3n) is 3.15. The molecule has 1 heterocycles. The molecule has 96 valence electrons. The highest BCUT2D eigenvalue weighted by molar-refractivity contribution is 5.93. The lowest BCUT2D eigenvalue weighted by Gasteiger charge is -2.12. The predicted molar refractivity (Wildman–Crippen MR) is 65.3 cm³/mol. The van der Waals surface area contributed by atoms with Crippen LogP contribution in [0, 0.1) is 12.3 Å². The zero-order valence-electron chi connectivity index (χ0n) is 10.1. The summed E-state index contributed by atoms with van der Waals surface area (Å²) in [5.74, 6) is -0.836. The Morgan fingerprint density at radius 3 is 2.67 bits per heavy atom. The van der Waals surface area contributed by atoms with Crippen LogP contribution in [0.5, 0.6) is 0 Å². The summed E-state index contributed by atoms with van der Waals surface area (Å²) >= 11 is 0. The Morgan fingerprint density at radius 1 is 1.50 bits per heavy atom. The Kier molecular flexibility index (Phi) is 2.94. The molecule has 1 saturated carbocycles. The number of nitrogens with one attached hydrogen (secondary N) is 1. The van der Waals surface area contributed by atoms with Crippen LogP contribution >= 0.6 is 0 Å². The van der Waals surface area contributed by atoms with Crippen LogP contribution < -0.4 is 11.1 Å². The van der Waals surface area contributed by atoms with E-state index in [-0.39, 0.29) is 0 Å². The van der Waals surface area contributed by atoms with Crippen molar-refractivity contribution in [2.75, 3.05) is 11.9 Å². The van der Waals surface area contributed by atoms with Crippen LogP contribution in [0.1, 0.15) is 28.9 Å². The van der Waals surface area contributed by atoms with Gasteiger partial charge in [-0.2, -0.15) is 0 Å². The molecule has 1 aromatic rings. The van der Waals surface area contributed by atoms with E-state index in [1.165, 1.54) is 6.07 Å². The first kappa shape index (κ1) is 12.3. The highest BCUT2D eigenvalue weighted by atomic mass is 16.4. The number of hydrogen-bond donors (Lipinski definition) is 3. The third-order valence-corrected chi connectivity index (χ3v) is 3.15. The van der Waals surface area contributed by atoms with Crippen molar-refractivity contribution in [1.29, 1.82) is 0 Å². The van der Waals surface area contributed by atoms with Gasteiger partial charge in [-0.15, -0.1) is 0 Å². The SMILES string of the molecule is Cc1cc(C(N)=O)cc(NCC2(C(=O)O)CC2)n1. The van der Waals surface area contributed by atoms with E-state index in [9.17, 15) is 9.59 Å². The highest BCUT2D eigenvalue weighted by Crippen LogP contribution is 2.45. The quantitative estimate of drug-likeness (QED) is 0.714. The summed E-state index contributed by atoms with van der Waals surface area (Å²) in [5, 5.41) is 12.0. The van der Waals surface area contributed by atoms with E-state index in [1.54, 1.807) is 13.0 Å². The highest BCUT2D eigenvalue weighted by Gasteiger charge is 2.50. The molecule has 2 rings (SSSR count). The minimum absolute atomic E-state index is 0.316. The number of carboxylic acids is 1. The van der Waals surface area contributed by atoms with Crippen LogP contribution in [-0.2, 0) is 4.79 Å². The minimum atomic E-state index is -0.794. The molecule has 0 saturated heterocycles. The van der Waals surface area contributed by atoms with Gasteiger partial charge in [-0.3, -0.25) is 9.59 Å². The number of nitrogens with zero attached hydrogens (tertiary/aromatic N) is 1. The van der Waals surface area contributed by atoms with Crippen molar-refractivity contribution < 1.29 is 14.7 Å². The first-order valence-electron chi connectivity index (χ1n) is 5.69. The van der Waals surface area contributed by atoms with Crippen molar-refractivity contribution in [3.05, 3.63) is 23.4 Å². The number of carbonyl (C=O) groups excluding carboxylic acids is 1. The van der Waals surface area contributed by atoms with E-state index in [0.717, 1.165) is 0 Å². The molecule has 0 atom stereocenters. The van der Waals surface area contributed by atoms with E-state index in [1.807, 2.05) is 0 Å². The molecule has 1 fully saturated rings. The topological polar surface area (TPSA) is 105 Å². The standard InChI is InChI=1S/C12H15N3O3/c1-7-4-8(10(13)16)5-9(15-7)14-6-12(2-3-12)11(17)18/h4-5H,2-3,6H2,1H3,(H2,13,16)(H,14,15)(H,17,18). The van der Waals surface area contributed by atoms with Gasteiger partial charge in [0.05, 0.1) is 5.41 Å². The predicted octanol–water partition coefficient (Wildman–Crippen LogP) is 0.766. The zero-order valence-corrected chi connectivity index (χ0v) is 10.1. The summed E-state index contributed by atoms with van der Waals surface area (Å²) in [6.45, 7) is 2.07. The Balaban J connectivity index is 2.10. The molecule has 0 spiro atoms. The van der Waals surface area contributed by atoms with Crippen LogP contribution in [0.3, 0.4) is 0 Å². The molecule has 6 heteroatoms. The number of hydrogen-bond acceptors (Lipinski definition) is 4. The maximum absolute atomic E-state index is 11.1. The minimum Gasteiger partial charge on any atom is -0.481 e. The third kappa shape index (κ3) is 2.42. The van der Waals surface area contributed by atoms with E-state index >= 15 is 0 Å². The lowest BCUT2D eigenvalue weighted by Crippen LogP contribution is -2.25. The van der Waals surface area contributed by atoms with Crippen LogP contribution in [0.25, 0.3) is 0 Å². The summed E-state index contributed by atoms with van der Waals surface area (Å²) < 4.78 is 0. The second-order valence-corrected chi connectivity index (χ2v) is 4.69. The van der Waals surface area contributed by atoms with Crippen molar-refractivity contribution in [3.8, 4) is 0 Å². The fourth-order valence-electron chi connectivity index (χ4n) is 1.78. The molecule has 1 aliphatic rings. The molecule has 1 amide bonds. The Labute approximate surface area is 104 Å². The molecule has 0 bridgehead atoms. The molecular formula is C12H15N3O3. The monoisotopic (exact) mass is 249 g/mol. The number of carboxylic acid groups (broad SMARTS) is 1. The number of pyridine rings is 1. The van der Waals surface area contributed by atoms with Gasteiger partial charge in [-0.05, 0) is 31.9 Å². The summed E-state index contributed by atoms with van der Waals surface area (Å²) in [6, 6.07) is 3.13. The Hall–Kier alpha value is -2.11. The maximum atomic E-state index is 11.1. The molecule has 0 unspecified atom stereocenters. The summed E-state index contributed by atoms with van der Waals surface area (Å²) in [5.41, 5.74) is 5.56. The number of aromatic nitrogens is 1. The van der Waals surface area contributed by atoms with Gasteiger partial charge >= 0.3 is 5.97 Å². The number of carbonyl (C=O) groups is 2. The van der Waals surface area contributed by atoms with Gasteiger partial charge in [0.15, 0.2) is 0 Å². The van der Waals surface area contributed by atoms with E-state index < -0.39 is 17.3 Å². The van der Waals surface area contributed by atoms with Gasteiger partial charge in [0.1, 0.15) is 5.82 Å². The number of anilines is 1. The van der Waals surface area contributed by atoms with E-state index in [0.29, 0.717) is 36.5 Å². The van der Waals surface area contributed by atoms with Crippen molar-refractivity contribution in [2.24, 2.45) is 11.1 Å².